The van der Waals surface area contributed by atoms with Gasteiger partial charge in [-0.25, -0.2) is 4.79 Å². The number of benzene rings is 2. The van der Waals surface area contributed by atoms with Gasteiger partial charge in [0.1, 0.15) is 12.6 Å². The number of hydrogen-bond donors (Lipinski definition) is 3. The van der Waals surface area contributed by atoms with Gasteiger partial charge in [0, 0.05) is 12.0 Å². The summed E-state index contributed by atoms with van der Waals surface area (Å²) in [6.07, 6.45) is 1.27. The number of carbonyl (C=O) groups excluding carboxylic acids is 2. The Hall–Kier alpha value is -3.35. The van der Waals surface area contributed by atoms with E-state index in [4.69, 9.17) is 4.74 Å². The van der Waals surface area contributed by atoms with Gasteiger partial charge < -0.3 is 20.5 Å². The van der Waals surface area contributed by atoms with Crippen molar-refractivity contribution in [1.29, 1.82) is 0 Å². The predicted molar refractivity (Wildman–Crippen MR) is 124 cm³/mol. The molecule has 0 aromatic heterocycles. The van der Waals surface area contributed by atoms with Crippen molar-refractivity contribution in [2.24, 2.45) is 11.8 Å². The average Bonchev–Trinajstić information content (AvgIpc) is 3.38. The highest BCUT2D eigenvalue weighted by molar-refractivity contribution is 5.87. The number of aliphatic carboxylic acids is 1. The molecule has 2 aromatic carbocycles. The molecule has 1 fully saturated rings. The van der Waals surface area contributed by atoms with Crippen LogP contribution in [0.3, 0.4) is 0 Å². The number of fused-ring (bicyclic) bond motifs is 3. The Kier molecular flexibility index (Phi) is 6.67. The van der Waals surface area contributed by atoms with Gasteiger partial charge in [0.2, 0.25) is 5.91 Å². The fraction of sp³-hybridized carbons (Fsp3) is 0.423. The third-order valence-corrected chi connectivity index (χ3v) is 6.73. The molecule has 0 heterocycles. The minimum absolute atomic E-state index is 0.0655. The molecule has 0 bridgehead atoms. The van der Waals surface area contributed by atoms with Gasteiger partial charge in [0.15, 0.2) is 0 Å². The zero-order valence-corrected chi connectivity index (χ0v) is 18.9. The van der Waals surface area contributed by atoms with Crippen molar-refractivity contribution in [2.75, 3.05) is 6.61 Å². The van der Waals surface area contributed by atoms with Crippen LogP contribution in [0, 0.1) is 11.8 Å². The molecule has 7 heteroatoms. The molecule has 1 saturated carbocycles. The number of hydrogen-bond acceptors (Lipinski definition) is 4. The highest BCUT2D eigenvalue weighted by Gasteiger charge is 2.36. The molecular weight excluding hydrogens is 420 g/mol. The summed E-state index contributed by atoms with van der Waals surface area (Å²) in [6.45, 7) is 3.82. The summed E-state index contributed by atoms with van der Waals surface area (Å²) in [5.41, 5.74) is 4.52. The fourth-order valence-electron chi connectivity index (χ4n) is 5.00. The van der Waals surface area contributed by atoms with Crippen LogP contribution in [0.25, 0.3) is 11.1 Å². The number of rotatable bonds is 7. The molecule has 33 heavy (non-hydrogen) atoms. The number of carboxylic acids is 1. The van der Waals surface area contributed by atoms with E-state index < -0.39 is 30.1 Å². The number of amides is 2. The first-order valence-electron chi connectivity index (χ1n) is 11.5. The quantitative estimate of drug-likeness (QED) is 0.593. The molecule has 2 aliphatic carbocycles. The number of alkyl carbamates (subject to hydrolysis) is 1. The monoisotopic (exact) mass is 450 g/mol. The lowest BCUT2D eigenvalue weighted by molar-refractivity contribution is -0.142. The Bertz CT molecular complexity index is 1000. The topological polar surface area (TPSA) is 105 Å². The van der Waals surface area contributed by atoms with E-state index >= 15 is 0 Å². The summed E-state index contributed by atoms with van der Waals surface area (Å²) in [5, 5.41) is 14.9. The lowest BCUT2D eigenvalue weighted by Crippen LogP contribution is -2.53. The van der Waals surface area contributed by atoms with E-state index in [0.29, 0.717) is 12.8 Å². The van der Waals surface area contributed by atoms with Crippen LogP contribution in [0.15, 0.2) is 48.5 Å². The van der Waals surface area contributed by atoms with Crippen LogP contribution in [0.2, 0.25) is 0 Å². The molecule has 2 aromatic rings. The van der Waals surface area contributed by atoms with Crippen LogP contribution < -0.4 is 10.6 Å². The molecule has 0 radical (unpaired) electrons. The van der Waals surface area contributed by atoms with Crippen molar-refractivity contribution >= 4 is 18.0 Å². The lowest BCUT2D eigenvalue weighted by atomic mass is 9.98. The molecule has 174 valence electrons. The largest absolute Gasteiger partial charge is 0.481 e. The summed E-state index contributed by atoms with van der Waals surface area (Å²) in [4.78, 5) is 36.9. The molecule has 0 spiro atoms. The molecule has 3 N–H and O–H groups in total. The van der Waals surface area contributed by atoms with Crippen LogP contribution in [0.1, 0.15) is 50.2 Å². The van der Waals surface area contributed by atoms with Crippen molar-refractivity contribution < 1.29 is 24.2 Å². The maximum Gasteiger partial charge on any atom is 0.407 e. The Morgan fingerprint density at radius 2 is 1.61 bits per heavy atom. The first-order valence-corrected chi connectivity index (χ1v) is 11.5. The Labute approximate surface area is 193 Å². The zero-order chi connectivity index (χ0) is 23.5. The zero-order valence-electron chi connectivity index (χ0n) is 18.9. The summed E-state index contributed by atoms with van der Waals surface area (Å²) in [6, 6.07) is 15.0. The second-order valence-electron chi connectivity index (χ2n) is 9.18. The van der Waals surface area contributed by atoms with E-state index in [9.17, 15) is 19.5 Å². The van der Waals surface area contributed by atoms with Crippen LogP contribution >= 0.6 is 0 Å². The average molecular weight is 451 g/mol. The highest BCUT2D eigenvalue weighted by atomic mass is 16.5. The third kappa shape index (κ3) is 4.72. The third-order valence-electron chi connectivity index (χ3n) is 6.73. The van der Waals surface area contributed by atoms with E-state index in [1.165, 1.54) is 0 Å². The molecular formula is C26H30N2O5. The summed E-state index contributed by atoms with van der Waals surface area (Å²) < 4.78 is 5.58. The second-order valence-corrected chi connectivity index (χ2v) is 9.18. The van der Waals surface area contributed by atoms with Crippen molar-refractivity contribution in [3.8, 4) is 11.1 Å². The van der Waals surface area contributed by atoms with Crippen molar-refractivity contribution in [1.82, 2.24) is 10.6 Å². The molecule has 0 aliphatic heterocycles. The smallest absolute Gasteiger partial charge is 0.407 e. The molecule has 4 rings (SSSR count). The highest BCUT2D eigenvalue weighted by Crippen LogP contribution is 2.44. The first kappa shape index (κ1) is 22.8. The minimum Gasteiger partial charge on any atom is -0.481 e. The van der Waals surface area contributed by atoms with Gasteiger partial charge in [0.25, 0.3) is 0 Å². The van der Waals surface area contributed by atoms with Crippen LogP contribution in [-0.2, 0) is 14.3 Å². The van der Waals surface area contributed by atoms with Crippen molar-refractivity contribution in [3.63, 3.8) is 0 Å². The van der Waals surface area contributed by atoms with E-state index in [-0.39, 0.29) is 24.3 Å². The Morgan fingerprint density at radius 1 is 1.00 bits per heavy atom. The van der Waals surface area contributed by atoms with Crippen molar-refractivity contribution in [3.05, 3.63) is 59.7 Å². The number of ether oxygens (including phenoxy) is 1. The predicted octanol–water partition coefficient (Wildman–Crippen LogP) is 3.92. The molecule has 2 aliphatic rings. The first-order chi connectivity index (χ1) is 15.9. The normalized spacial score (nSPS) is 20.1. The Morgan fingerprint density at radius 3 is 2.18 bits per heavy atom. The van der Waals surface area contributed by atoms with Gasteiger partial charge in [-0.05, 0) is 41.0 Å². The number of carboxylic acid groups (broad SMARTS) is 1. The molecule has 0 unspecified atom stereocenters. The number of carbonyl (C=O) groups is 3. The van der Waals surface area contributed by atoms with Gasteiger partial charge in [-0.3, -0.25) is 9.59 Å². The van der Waals surface area contributed by atoms with Crippen LogP contribution in [0.4, 0.5) is 4.79 Å². The maximum atomic E-state index is 12.9. The Balaban J connectivity index is 1.39. The van der Waals surface area contributed by atoms with Gasteiger partial charge in [-0.15, -0.1) is 0 Å². The fourth-order valence-corrected chi connectivity index (χ4v) is 5.00. The minimum atomic E-state index is -0.900. The van der Waals surface area contributed by atoms with Gasteiger partial charge in [-0.1, -0.05) is 68.8 Å². The molecule has 0 saturated heterocycles. The summed E-state index contributed by atoms with van der Waals surface area (Å²) >= 11 is 0. The second kappa shape index (κ2) is 9.65. The van der Waals surface area contributed by atoms with E-state index in [0.717, 1.165) is 28.7 Å². The van der Waals surface area contributed by atoms with E-state index in [1.807, 2.05) is 50.2 Å². The van der Waals surface area contributed by atoms with Gasteiger partial charge >= 0.3 is 12.1 Å². The van der Waals surface area contributed by atoms with E-state index in [2.05, 4.69) is 22.8 Å². The van der Waals surface area contributed by atoms with Crippen LogP contribution in [-0.4, -0.2) is 41.8 Å². The summed E-state index contributed by atoms with van der Waals surface area (Å²) in [7, 11) is 0. The SMILES string of the molecule is CC(C)[C@H](NC(=O)OCC1c2ccccc2-c2ccccc21)C(=O)N[C@@H]1CCC[C@@H]1C(=O)O. The van der Waals surface area contributed by atoms with Gasteiger partial charge in [-0.2, -0.15) is 0 Å². The lowest BCUT2D eigenvalue weighted by Gasteiger charge is -2.25. The standard InChI is InChI=1S/C26H30N2O5/c1-15(2)23(24(29)27-22-13-7-12-20(22)25(30)31)28-26(32)33-14-21-18-10-5-3-8-16(18)17-9-4-6-11-19(17)21/h3-6,8-11,15,20-23H,7,12-14H2,1-2H3,(H,27,29)(H,28,32)(H,30,31)/t20-,22+,23-/m0/s1. The van der Waals surface area contributed by atoms with Crippen molar-refractivity contribution in [2.45, 2.75) is 51.1 Å². The maximum absolute atomic E-state index is 12.9. The summed E-state index contributed by atoms with van der Waals surface area (Å²) in [5.74, 6) is -2.12. The van der Waals surface area contributed by atoms with Crippen LogP contribution in [0.5, 0.6) is 0 Å². The molecule has 2 amide bonds. The molecule has 7 nitrogen and oxygen atoms in total. The van der Waals surface area contributed by atoms with E-state index in [1.54, 1.807) is 0 Å². The molecule has 3 atom stereocenters. The van der Waals surface area contributed by atoms with Gasteiger partial charge in [0.05, 0.1) is 5.92 Å². The number of nitrogens with one attached hydrogen (secondary N) is 2.